The van der Waals surface area contributed by atoms with Crippen molar-refractivity contribution in [3.8, 4) is 5.75 Å². The van der Waals surface area contributed by atoms with Crippen LogP contribution >= 0.6 is 11.6 Å². The van der Waals surface area contributed by atoms with Crippen LogP contribution in [0.3, 0.4) is 0 Å². The van der Waals surface area contributed by atoms with E-state index in [4.69, 9.17) is 16.3 Å². The third-order valence-electron chi connectivity index (χ3n) is 3.74. The first-order valence-electron chi connectivity index (χ1n) is 6.99. The normalized spacial score (nSPS) is 20.8. The third kappa shape index (κ3) is 2.48. The van der Waals surface area contributed by atoms with Gasteiger partial charge in [-0.05, 0) is 48.7 Å². The Morgan fingerprint density at radius 3 is 2.60 bits per heavy atom. The van der Waals surface area contributed by atoms with Crippen LogP contribution in [-0.4, -0.2) is 6.04 Å². The van der Waals surface area contributed by atoms with Gasteiger partial charge in [0.15, 0.2) is 0 Å². The average Bonchev–Trinajstić information content (AvgIpc) is 2.47. The predicted octanol–water partition coefficient (Wildman–Crippen LogP) is 4.84. The lowest BCUT2D eigenvalue weighted by atomic mass is 10.0. The summed E-state index contributed by atoms with van der Waals surface area (Å²) in [7, 11) is 0. The van der Waals surface area contributed by atoms with Crippen molar-refractivity contribution in [2.75, 3.05) is 5.32 Å². The highest BCUT2D eigenvalue weighted by molar-refractivity contribution is 6.30. The van der Waals surface area contributed by atoms with Crippen LogP contribution in [0.25, 0.3) is 0 Å². The van der Waals surface area contributed by atoms with Crippen molar-refractivity contribution < 1.29 is 4.74 Å². The maximum absolute atomic E-state index is 6.16. The van der Waals surface area contributed by atoms with Gasteiger partial charge in [0.25, 0.3) is 0 Å². The number of hydrogen-bond donors (Lipinski definition) is 1. The Morgan fingerprint density at radius 1 is 1.15 bits per heavy atom. The lowest BCUT2D eigenvalue weighted by molar-refractivity contribution is 0.177. The second-order valence-corrected chi connectivity index (χ2v) is 5.64. The zero-order chi connectivity index (χ0) is 14.1. The van der Waals surface area contributed by atoms with Gasteiger partial charge in [-0.1, -0.05) is 36.7 Å². The summed E-state index contributed by atoms with van der Waals surface area (Å²) < 4.78 is 6.16. The van der Waals surface area contributed by atoms with Crippen LogP contribution in [0.5, 0.6) is 5.75 Å². The van der Waals surface area contributed by atoms with Crippen LogP contribution < -0.4 is 10.1 Å². The summed E-state index contributed by atoms with van der Waals surface area (Å²) in [5.74, 6) is 0.917. The molecule has 0 aromatic heterocycles. The monoisotopic (exact) mass is 287 g/mol. The van der Waals surface area contributed by atoms with Crippen LogP contribution in [0.4, 0.5) is 5.69 Å². The molecule has 1 N–H and O–H groups in total. The van der Waals surface area contributed by atoms with Gasteiger partial charge in [0.2, 0.25) is 0 Å². The van der Waals surface area contributed by atoms with Gasteiger partial charge >= 0.3 is 0 Å². The molecule has 2 aromatic rings. The SMILES string of the molecule is CCc1ccc2c(c1)NC(C)C(c1ccc(Cl)cc1)O2. The Labute approximate surface area is 124 Å². The van der Waals surface area contributed by atoms with Gasteiger partial charge in [-0.15, -0.1) is 0 Å². The molecule has 2 atom stereocenters. The summed E-state index contributed by atoms with van der Waals surface area (Å²) >= 11 is 5.94. The molecule has 0 radical (unpaired) electrons. The minimum atomic E-state index is 0.00671. The van der Waals surface area contributed by atoms with Gasteiger partial charge in [-0.25, -0.2) is 0 Å². The quantitative estimate of drug-likeness (QED) is 0.853. The summed E-state index contributed by atoms with van der Waals surface area (Å²) in [6.07, 6.45) is 1.04. The van der Waals surface area contributed by atoms with E-state index in [9.17, 15) is 0 Å². The number of nitrogens with one attached hydrogen (secondary N) is 1. The number of ether oxygens (including phenoxy) is 1. The van der Waals surface area contributed by atoms with Crippen molar-refractivity contribution in [2.24, 2.45) is 0 Å². The summed E-state index contributed by atoms with van der Waals surface area (Å²) in [6.45, 7) is 4.30. The van der Waals surface area contributed by atoms with E-state index in [1.54, 1.807) is 0 Å². The molecule has 2 unspecified atom stereocenters. The van der Waals surface area contributed by atoms with Crippen molar-refractivity contribution in [1.82, 2.24) is 0 Å². The molecule has 1 heterocycles. The third-order valence-corrected chi connectivity index (χ3v) is 3.99. The molecule has 2 nitrogen and oxygen atoms in total. The fourth-order valence-electron chi connectivity index (χ4n) is 2.58. The Bertz CT molecular complexity index is 609. The number of rotatable bonds is 2. The van der Waals surface area contributed by atoms with Crippen LogP contribution in [-0.2, 0) is 6.42 Å². The van der Waals surface area contributed by atoms with Crippen LogP contribution in [0.2, 0.25) is 5.02 Å². The van der Waals surface area contributed by atoms with E-state index >= 15 is 0 Å². The van der Waals surface area contributed by atoms with Crippen molar-refractivity contribution in [1.29, 1.82) is 0 Å². The first-order valence-corrected chi connectivity index (χ1v) is 7.36. The van der Waals surface area contributed by atoms with Crippen molar-refractivity contribution in [3.63, 3.8) is 0 Å². The smallest absolute Gasteiger partial charge is 0.144 e. The molecular weight excluding hydrogens is 270 g/mol. The Balaban J connectivity index is 1.90. The summed E-state index contributed by atoms with van der Waals surface area (Å²) in [6, 6.07) is 14.4. The molecule has 0 fully saturated rings. The van der Waals surface area contributed by atoms with E-state index in [-0.39, 0.29) is 12.1 Å². The molecule has 104 valence electrons. The maximum atomic E-state index is 6.16. The second kappa shape index (κ2) is 5.37. The largest absolute Gasteiger partial charge is 0.481 e. The minimum absolute atomic E-state index is 0.00671. The first kappa shape index (κ1) is 13.3. The molecule has 1 aliphatic heterocycles. The number of anilines is 1. The maximum Gasteiger partial charge on any atom is 0.144 e. The highest BCUT2D eigenvalue weighted by atomic mass is 35.5. The highest BCUT2D eigenvalue weighted by Gasteiger charge is 2.27. The molecule has 3 rings (SSSR count). The molecule has 3 heteroatoms. The molecule has 0 aliphatic carbocycles. The number of hydrogen-bond acceptors (Lipinski definition) is 2. The van der Waals surface area contributed by atoms with E-state index in [1.165, 1.54) is 5.56 Å². The molecule has 20 heavy (non-hydrogen) atoms. The van der Waals surface area contributed by atoms with Crippen LogP contribution in [0, 0.1) is 0 Å². The zero-order valence-corrected chi connectivity index (χ0v) is 12.4. The molecule has 0 bridgehead atoms. The van der Waals surface area contributed by atoms with E-state index in [0.29, 0.717) is 0 Å². The average molecular weight is 288 g/mol. The van der Waals surface area contributed by atoms with E-state index in [2.05, 4.69) is 37.4 Å². The lowest BCUT2D eigenvalue weighted by Crippen LogP contribution is -2.32. The van der Waals surface area contributed by atoms with Crippen molar-refractivity contribution >= 4 is 17.3 Å². The topological polar surface area (TPSA) is 21.3 Å². The number of fused-ring (bicyclic) bond motifs is 1. The summed E-state index contributed by atoms with van der Waals surface area (Å²) in [5.41, 5.74) is 3.54. The molecule has 0 saturated carbocycles. The molecule has 0 spiro atoms. The van der Waals surface area contributed by atoms with Crippen molar-refractivity contribution in [3.05, 3.63) is 58.6 Å². The van der Waals surface area contributed by atoms with Crippen LogP contribution in [0.15, 0.2) is 42.5 Å². The predicted molar refractivity (Wildman–Crippen MR) is 83.7 cm³/mol. The van der Waals surface area contributed by atoms with Gasteiger partial charge in [0.05, 0.1) is 11.7 Å². The second-order valence-electron chi connectivity index (χ2n) is 5.21. The molecular formula is C17H18ClNO. The Hall–Kier alpha value is -1.67. The van der Waals surface area contributed by atoms with Gasteiger partial charge in [-0.2, -0.15) is 0 Å². The number of benzene rings is 2. The minimum Gasteiger partial charge on any atom is -0.481 e. The number of aryl methyl sites for hydroxylation is 1. The van der Waals surface area contributed by atoms with Gasteiger partial charge in [-0.3, -0.25) is 0 Å². The first-order chi connectivity index (χ1) is 9.67. The lowest BCUT2D eigenvalue weighted by Gasteiger charge is -2.33. The van der Waals surface area contributed by atoms with Gasteiger partial charge in [0, 0.05) is 5.02 Å². The molecule has 0 saturated heterocycles. The highest BCUT2D eigenvalue weighted by Crippen LogP contribution is 2.38. The standard InChI is InChI=1S/C17H18ClNO/c1-3-12-4-9-16-15(10-12)19-11(2)17(20-16)13-5-7-14(18)8-6-13/h4-11,17,19H,3H2,1-2H3. The Kier molecular flexibility index (Phi) is 3.58. The van der Waals surface area contributed by atoms with E-state index < -0.39 is 0 Å². The van der Waals surface area contributed by atoms with E-state index in [0.717, 1.165) is 28.4 Å². The molecule has 1 aliphatic rings. The van der Waals surface area contributed by atoms with Crippen molar-refractivity contribution in [2.45, 2.75) is 32.4 Å². The molecule has 2 aromatic carbocycles. The summed E-state index contributed by atoms with van der Waals surface area (Å²) in [5, 5.41) is 4.29. The molecule has 0 amide bonds. The van der Waals surface area contributed by atoms with Gasteiger partial charge < -0.3 is 10.1 Å². The number of halogens is 1. The fourth-order valence-corrected chi connectivity index (χ4v) is 2.71. The Morgan fingerprint density at radius 2 is 1.90 bits per heavy atom. The zero-order valence-electron chi connectivity index (χ0n) is 11.7. The summed E-state index contributed by atoms with van der Waals surface area (Å²) in [4.78, 5) is 0. The van der Waals surface area contributed by atoms with E-state index in [1.807, 2.05) is 24.3 Å². The van der Waals surface area contributed by atoms with Gasteiger partial charge in [0.1, 0.15) is 11.9 Å². The fraction of sp³-hybridized carbons (Fsp3) is 0.294. The van der Waals surface area contributed by atoms with Crippen LogP contribution in [0.1, 0.15) is 31.1 Å².